The van der Waals surface area contributed by atoms with Crippen molar-refractivity contribution >= 4 is 17.6 Å². The number of rotatable bonds is 5. The third kappa shape index (κ3) is 3.53. The standard InChI is InChI=1S/C20H24N2O2/c1-15-6-8-17(9-7-15)21-14-16-12-20(24-3)18(13-19(16)23-2)22-10-4-5-11-22/h6-9,12-14H,4-5,10-11H2,1-3H3. The van der Waals surface area contributed by atoms with Crippen LogP contribution in [0.25, 0.3) is 0 Å². The molecule has 0 bridgehead atoms. The number of aliphatic imine (C=N–C) groups is 1. The summed E-state index contributed by atoms with van der Waals surface area (Å²) in [4.78, 5) is 6.90. The maximum absolute atomic E-state index is 5.61. The van der Waals surface area contributed by atoms with E-state index in [2.05, 4.69) is 35.0 Å². The van der Waals surface area contributed by atoms with Gasteiger partial charge in [0.25, 0.3) is 0 Å². The summed E-state index contributed by atoms with van der Waals surface area (Å²) >= 11 is 0. The van der Waals surface area contributed by atoms with E-state index in [0.717, 1.165) is 41.5 Å². The lowest BCUT2D eigenvalue weighted by molar-refractivity contribution is 0.402. The molecule has 0 atom stereocenters. The van der Waals surface area contributed by atoms with Gasteiger partial charge in [0.1, 0.15) is 11.5 Å². The van der Waals surface area contributed by atoms with Crippen LogP contribution < -0.4 is 14.4 Å². The van der Waals surface area contributed by atoms with Gasteiger partial charge in [-0.2, -0.15) is 0 Å². The minimum absolute atomic E-state index is 0.813. The van der Waals surface area contributed by atoms with Gasteiger partial charge < -0.3 is 14.4 Å². The molecule has 0 amide bonds. The number of hydrogen-bond donors (Lipinski definition) is 0. The number of aryl methyl sites for hydroxylation is 1. The van der Waals surface area contributed by atoms with E-state index >= 15 is 0 Å². The SMILES string of the molecule is COc1cc(N2CCCC2)c(OC)cc1C=Nc1ccc(C)cc1. The van der Waals surface area contributed by atoms with Crippen LogP contribution in [0.1, 0.15) is 24.0 Å². The molecule has 0 unspecified atom stereocenters. The molecule has 0 N–H and O–H groups in total. The van der Waals surface area contributed by atoms with Gasteiger partial charge in [0, 0.05) is 30.9 Å². The maximum Gasteiger partial charge on any atom is 0.143 e. The van der Waals surface area contributed by atoms with E-state index in [4.69, 9.17) is 9.47 Å². The van der Waals surface area contributed by atoms with E-state index in [0.29, 0.717) is 0 Å². The van der Waals surface area contributed by atoms with Crippen molar-refractivity contribution in [2.75, 3.05) is 32.2 Å². The molecule has 2 aromatic rings. The zero-order chi connectivity index (χ0) is 16.9. The summed E-state index contributed by atoms with van der Waals surface area (Å²) in [6.45, 7) is 4.20. The molecule has 4 nitrogen and oxygen atoms in total. The molecule has 24 heavy (non-hydrogen) atoms. The molecular weight excluding hydrogens is 300 g/mol. The summed E-state index contributed by atoms with van der Waals surface area (Å²) in [5.41, 5.74) is 4.16. The average Bonchev–Trinajstić information content (AvgIpc) is 3.15. The summed E-state index contributed by atoms with van der Waals surface area (Å²) in [6, 6.07) is 12.2. The van der Waals surface area contributed by atoms with Crippen molar-refractivity contribution in [2.45, 2.75) is 19.8 Å². The zero-order valence-corrected chi connectivity index (χ0v) is 14.6. The van der Waals surface area contributed by atoms with Crippen LogP contribution in [-0.2, 0) is 0 Å². The predicted molar refractivity (Wildman–Crippen MR) is 99.4 cm³/mol. The Bertz CT molecular complexity index is 717. The van der Waals surface area contributed by atoms with E-state index < -0.39 is 0 Å². The summed E-state index contributed by atoms with van der Waals surface area (Å²) in [5.74, 6) is 1.68. The second-order valence-corrected chi connectivity index (χ2v) is 6.05. The highest BCUT2D eigenvalue weighted by molar-refractivity contribution is 5.88. The van der Waals surface area contributed by atoms with E-state index in [9.17, 15) is 0 Å². The van der Waals surface area contributed by atoms with Crippen LogP contribution in [0.2, 0.25) is 0 Å². The minimum atomic E-state index is 0.813. The first-order valence-electron chi connectivity index (χ1n) is 8.33. The van der Waals surface area contributed by atoms with Crippen LogP contribution in [0.5, 0.6) is 11.5 Å². The largest absolute Gasteiger partial charge is 0.496 e. The molecule has 1 heterocycles. The predicted octanol–water partition coefficient (Wildman–Crippen LogP) is 4.36. The van der Waals surface area contributed by atoms with Crippen molar-refractivity contribution in [2.24, 2.45) is 4.99 Å². The molecule has 2 aromatic carbocycles. The van der Waals surface area contributed by atoms with E-state index in [-0.39, 0.29) is 0 Å². The van der Waals surface area contributed by atoms with Gasteiger partial charge >= 0.3 is 0 Å². The van der Waals surface area contributed by atoms with Gasteiger partial charge in [-0.05, 0) is 38.0 Å². The van der Waals surface area contributed by atoms with E-state index in [1.165, 1.54) is 18.4 Å². The van der Waals surface area contributed by atoms with Gasteiger partial charge in [-0.15, -0.1) is 0 Å². The molecule has 3 rings (SSSR count). The van der Waals surface area contributed by atoms with Gasteiger partial charge in [-0.25, -0.2) is 0 Å². The lowest BCUT2D eigenvalue weighted by Crippen LogP contribution is -2.18. The number of nitrogens with zero attached hydrogens (tertiary/aromatic N) is 2. The number of methoxy groups -OCH3 is 2. The van der Waals surface area contributed by atoms with Gasteiger partial charge in [-0.3, -0.25) is 4.99 Å². The highest BCUT2D eigenvalue weighted by atomic mass is 16.5. The summed E-state index contributed by atoms with van der Waals surface area (Å²) < 4.78 is 11.2. The number of anilines is 1. The van der Waals surface area contributed by atoms with Crippen LogP contribution in [-0.4, -0.2) is 33.5 Å². The van der Waals surface area contributed by atoms with Crippen molar-refractivity contribution in [3.63, 3.8) is 0 Å². The highest BCUT2D eigenvalue weighted by Gasteiger charge is 2.19. The molecule has 0 aliphatic carbocycles. The fraction of sp³-hybridized carbons (Fsp3) is 0.350. The van der Waals surface area contributed by atoms with Crippen LogP contribution in [0.3, 0.4) is 0 Å². The highest BCUT2D eigenvalue weighted by Crippen LogP contribution is 2.36. The zero-order valence-electron chi connectivity index (χ0n) is 14.6. The molecule has 1 fully saturated rings. The molecule has 0 aromatic heterocycles. The van der Waals surface area contributed by atoms with Crippen LogP contribution >= 0.6 is 0 Å². The fourth-order valence-electron chi connectivity index (χ4n) is 2.99. The Hall–Kier alpha value is -2.49. The number of hydrogen-bond acceptors (Lipinski definition) is 4. The summed E-state index contributed by atoms with van der Waals surface area (Å²) in [6.07, 6.45) is 4.28. The van der Waals surface area contributed by atoms with Crippen molar-refractivity contribution in [3.05, 3.63) is 47.5 Å². The van der Waals surface area contributed by atoms with Gasteiger partial charge in [0.2, 0.25) is 0 Å². The average molecular weight is 324 g/mol. The lowest BCUT2D eigenvalue weighted by Gasteiger charge is -2.22. The normalized spacial score (nSPS) is 14.4. The van der Waals surface area contributed by atoms with Crippen molar-refractivity contribution in [1.29, 1.82) is 0 Å². The van der Waals surface area contributed by atoms with Crippen LogP contribution in [0, 0.1) is 6.92 Å². The number of benzene rings is 2. The second kappa shape index (κ2) is 7.39. The maximum atomic E-state index is 5.61. The molecule has 0 saturated carbocycles. The molecule has 1 aliphatic heterocycles. The Morgan fingerprint density at radius 3 is 2.25 bits per heavy atom. The molecule has 4 heteroatoms. The van der Waals surface area contributed by atoms with Crippen LogP contribution in [0.15, 0.2) is 41.4 Å². The third-order valence-corrected chi connectivity index (χ3v) is 4.36. The Kier molecular flexibility index (Phi) is 5.04. The summed E-state index contributed by atoms with van der Waals surface area (Å²) in [7, 11) is 3.40. The quantitative estimate of drug-likeness (QED) is 0.766. The van der Waals surface area contributed by atoms with Gasteiger partial charge in [-0.1, -0.05) is 17.7 Å². The monoisotopic (exact) mass is 324 g/mol. The molecule has 0 spiro atoms. The van der Waals surface area contributed by atoms with Crippen LogP contribution in [0.4, 0.5) is 11.4 Å². The Morgan fingerprint density at radius 2 is 1.62 bits per heavy atom. The van der Waals surface area contributed by atoms with E-state index in [1.807, 2.05) is 24.4 Å². The Labute approximate surface area is 143 Å². The van der Waals surface area contributed by atoms with Crippen molar-refractivity contribution in [3.8, 4) is 11.5 Å². The molecular formula is C20H24N2O2. The van der Waals surface area contributed by atoms with Gasteiger partial charge in [0.05, 0.1) is 25.6 Å². The lowest BCUT2D eigenvalue weighted by atomic mass is 10.1. The molecule has 1 saturated heterocycles. The third-order valence-electron chi connectivity index (χ3n) is 4.36. The van der Waals surface area contributed by atoms with Gasteiger partial charge in [0.15, 0.2) is 0 Å². The van der Waals surface area contributed by atoms with Crippen molar-refractivity contribution < 1.29 is 9.47 Å². The molecule has 126 valence electrons. The van der Waals surface area contributed by atoms with E-state index in [1.54, 1.807) is 14.2 Å². The topological polar surface area (TPSA) is 34.1 Å². The second-order valence-electron chi connectivity index (χ2n) is 6.05. The first kappa shape index (κ1) is 16.4. The first-order chi connectivity index (χ1) is 11.7. The Balaban J connectivity index is 1.93. The smallest absolute Gasteiger partial charge is 0.143 e. The fourth-order valence-corrected chi connectivity index (χ4v) is 2.99. The molecule has 1 aliphatic rings. The molecule has 0 radical (unpaired) electrons. The summed E-state index contributed by atoms with van der Waals surface area (Å²) in [5, 5.41) is 0. The first-order valence-corrected chi connectivity index (χ1v) is 8.33. The number of ether oxygens (including phenoxy) is 2. The van der Waals surface area contributed by atoms with Crippen molar-refractivity contribution in [1.82, 2.24) is 0 Å². The Morgan fingerprint density at radius 1 is 0.958 bits per heavy atom. The minimum Gasteiger partial charge on any atom is -0.496 e.